The molecule has 2 aliphatic carbocycles. The lowest BCUT2D eigenvalue weighted by Crippen LogP contribution is -2.48. The van der Waals surface area contributed by atoms with Crippen LogP contribution >= 0.6 is 11.6 Å². The number of benzene rings is 3. The number of phenolic OH excluding ortho intramolecular Hbond substituents is 1. The maximum atomic E-state index is 14.4. The van der Waals surface area contributed by atoms with Crippen LogP contribution in [0.25, 0.3) is 0 Å². The summed E-state index contributed by atoms with van der Waals surface area (Å²) in [6.45, 7) is 1.79. The number of para-hydroxylation sites is 1. The van der Waals surface area contributed by atoms with Crippen molar-refractivity contribution in [1.29, 1.82) is 0 Å². The van der Waals surface area contributed by atoms with Gasteiger partial charge in [0.05, 0.1) is 41.7 Å². The first-order chi connectivity index (χ1) is 20.7. The van der Waals surface area contributed by atoms with Crippen molar-refractivity contribution in [3.63, 3.8) is 0 Å². The molecule has 0 bridgehead atoms. The second-order valence-corrected chi connectivity index (χ2v) is 12.3. The maximum Gasteiger partial charge on any atom is 0.241 e. The molecule has 2 aliphatic heterocycles. The highest BCUT2D eigenvalue weighted by Gasteiger charge is 2.68. The van der Waals surface area contributed by atoms with Gasteiger partial charge in [-0.3, -0.25) is 24.1 Å². The lowest BCUT2D eigenvalue weighted by atomic mass is 9.51. The zero-order valence-electron chi connectivity index (χ0n) is 23.6. The van der Waals surface area contributed by atoms with Crippen LogP contribution in [0, 0.1) is 29.1 Å². The molecule has 0 radical (unpaired) electrons. The number of fused-ring (bicyclic) bond motifs is 4. The summed E-state index contributed by atoms with van der Waals surface area (Å²) in [6.07, 6.45) is 2.50. The molecule has 1 N–H and O–H groups in total. The molecule has 6 atom stereocenters. The molecular formula is C34H29ClN2O6. The number of allylic oxidation sites excluding steroid dienone is 2. The zero-order chi connectivity index (χ0) is 30.2. The Morgan fingerprint density at radius 3 is 2.23 bits per heavy atom. The summed E-state index contributed by atoms with van der Waals surface area (Å²) in [5.74, 6) is -4.20. The number of amides is 4. The predicted octanol–water partition coefficient (Wildman–Crippen LogP) is 5.49. The molecule has 8 nitrogen and oxygen atoms in total. The van der Waals surface area contributed by atoms with E-state index in [9.17, 15) is 24.3 Å². The SMILES string of the molecule is COc1ccc([C@H]2C3=CC[C@@H]4C(=O)N(c5ccc(Cl)cc5)C(=O)[C@@H]4[C@@H]3C[C@H]3C(=O)N(c4ccccc4)C(=O)[C@@]23C)c(O)c1. The fraction of sp³-hybridized carbons (Fsp3) is 0.294. The minimum atomic E-state index is -1.24. The lowest BCUT2D eigenvalue weighted by Gasteiger charge is -2.49. The quantitative estimate of drug-likeness (QED) is 0.316. The van der Waals surface area contributed by atoms with Crippen LogP contribution in [-0.4, -0.2) is 35.8 Å². The van der Waals surface area contributed by atoms with Gasteiger partial charge < -0.3 is 9.84 Å². The van der Waals surface area contributed by atoms with Gasteiger partial charge in [-0.2, -0.15) is 0 Å². The van der Waals surface area contributed by atoms with Crippen LogP contribution < -0.4 is 14.5 Å². The number of rotatable bonds is 4. The largest absolute Gasteiger partial charge is 0.508 e. The predicted molar refractivity (Wildman–Crippen MR) is 160 cm³/mol. The van der Waals surface area contributed by atoms with Gasteiger partial charge in [0.15, 0.2) is 0 Å². The van der Waals surface area contributed by atoms with Crippen LogP contribution in [0.4, 0.5) is 11.4 Å². The molecule has 7 rings (SSSR count). The molecule has 9 heteroatoms. The van der Waals surface area contributed by atoms with Gasteiger partial charge in [-0.1, -0.05) is 47.5 Å². The number of nitrogens with zero attached hydrogens (tertiary/aromatic N) is 2. The molecule has 3 aromatic rings. The summed E-state index contributed by atoms with van der Waals surface area (Å²) in [5, 5.41) is 11.8. The first-order valence-electron chi connectivity index (χ1n) is 14.3. The molecule has 0 spiro atoms. The maximum absolute atomic E-state index is 14.4. The van der Waals surface area contributed by atoms with Crippen molar-refractivity contribution in [2.75, 3.05) is 16.9 Å². The Bertz CT molecular complexity index is 1720. The molecule has 4 amide bonds. The topological polar surface area (TPSA) is 104 Å². The minimum Gasteiger partial charge on any atom is -0.508 e. The molecule has 4 aliphatic rings. The third kappa shape index (κ3) is 3.82. The molecule has 2 saturated heterocycles. The Balaban J connectivity index is 1.37. The number of ether oxygens (including phenoxy) is 1. The van der Waals surface area contributed by atoms with Crippen molar-refractivity contribution in [3.05, 3.63) is 95.0 Å². The standard InChI is InChI=1S/C34H29ClN2O6/c1-34-26(31(40)37(33(34)42)19-6-4-3-5-7-19)17-25-22(29(34)23-13-12-21(43-2)16-27(23)38)14-15-24-28(25)32(41)36(30(24)39)20-10-8-18(35)9-11-20/h3-14,16,24-26,28-29,38H,15,17H2,1-2H3/t24-,25+,26-,28-,29+,34+/m0/s1. The Labute approximate surface area is 253 Å². The second kappa shape index (κ2) is 9.81. The average molecular weight is 597 g/mol. The number of aromatic hydroxyl groups is 1. The number of imide groups is 2. The highest BCUT2D eigenvalue weighted by Crippen LogP contribution is 2.64. The smallest absolute Gasteiger partial charge is 0.241 e. The Morgan fingerprint density at radius 2 is 1.56 bits per heavy atom. The summed E-state index contributed by atoms with van der Waals surface area (Å²) < 4.78 is 5.31. The summed E-state index contributed by atoms with van der Waals surface area (Å²) >= 11 is 6.07. The van der Waals surface area contributed by atoms with E-state index in [1.807, 2.05) is 12.1 Å². The van der Waals surface area contributed by atoms with Crippen molar-refractivity contribution in [1.82, 2.24) is 0 Å². The molecule has 0 unspecified atom stereocenters. The van der Waals surface area contributed by atoms with Crippen molar-refractivity contribution >= 4 is 46.6 Å². The number of carbonyl (C=O) groups is 4. The van der Waals surface area contributed by atoms with E-state index >= 15 is 0 Å². The summed E-state index contributed by atoms with van der Waals surface area (Å²) in [6, 6.07) is 20.3. The fourth-order valence-corrected chi connectivity index (χ4v) is 8.05. The zero-order valence-corrected chi connectivity index (χ0v) is 24.3. The second-order valence-electron chi connectivity index (χ2n) is 11.9. The molecular weight excluding hydrogens is 568 g/mol. The number of carbonyl (C=O) groups excluding carboxylic acids is 4. The van der Waals surface area contributed by atoms with Crippen LogP contribution in [0.5, 0.6) is 11.5 Å². The van der Waals surface area contributed by atoms with E-state index in [2.05, 4.69) is 0 Å². The normalized spacial score (nSPS) is 29.7. The summed E-state index contributed by atoms with van der Waals surface area (Å²) in [4.78, 5) is 58.9. The van der Waals surface area contributed by atoms with Gasteiger partial charge in [-0.15, -0.1) is 0 Å². The first-order valence-corrected chi connectivity index (χ1v) is 14.7. The average Bonchev–Trinajstić information content (AvgIpc) is 3.38. The summed E-state index contributed by atoms with van der Waals surface area (Å²) in [5.41, 5.74) is 0.959. The number of anilines is 2. The van der Waals surface area contributed by atoms with Gasteiger partial charge in [0, 0.05) is 22.6 Å². The molecule has 1 saturated carbocycles. The molecule has 2 heterocycles. The van der Waals surface area contributed by atoms with Gasteiger partial charge >= 0.3 is 0 Å². The molecule has 3 fully saturated rings. The number of phenols is 1. The van der Waals surface area contributed by atoms with E-state index in [0.717, 1.165) is 5.57 Å². The summed E-state index contributed by atoms with van der Waals surface area (Å²) in [7, 11) is 1.50. The minimum absolute atomic E-state index is 0.0666. The molecule has 218 valence electrons. The van der Waals surface area contributed by atoms with Gasteiger partial charge in [-0.25, -0.2) is 4.90 Å². The van der Waals surface area contributed by atoms with E-state index in [1.165, 1.54) is 23.0 Å². The number of hydrogen-bond donors (Lipinski definition) is 1. The van der Waals surface area contributed by atoms with Gasteiger partial charge in [-0.05, 0) is 68.1 Å². The molecule has 43 heavy (non-hydrogen) atoms. The van der Waals surface area contributed by atoms with Crippen LogP contribution in [0.3, 0.4) is 0 Å². The van der Waals surface area contributed by atoms with E-state index in [1.54, 1.807) is 67.6 Å². The molecule has 0 aromatic heterocycles. The van der Waals surface area contributed by atoms with Crippen molar-refractivity contribution in [3.8, 4) is 11.5 Å². The third-order valence-corrected chi connectivity index (χ3v) is 10.2. The van der Waals surface area contributed by atoms with Crippen LogP contribution in [0.2, 0.25) is 5.02 Å². The van der Waals surface area contributed by atoms with Crippen LogP contribution in [0.1, 0.15) is 31.2 Å². The fourth-order valence-electron chi connectivity index (χ4n) is 7.92. The lowest BCUT2D eigenvalue weighted by molar-refractivity contribution is -0.131. The van der Waals surface area contributed by atoms with E-state index in [4.69, 9.17) is 16.3 Å². The Hall–Kier alpha value is -4.43. The Kier molecular flexibility index (Phi) is 6.25. The van der Waals surface area contributed by atoms with E-state index in [0.29, 0.717) is 34.1 Å². The highest BCUT2D eigenvalue weighted by molar-refractivity contribution is 6.31. The van der Waals surface area contributed by atoms with Gasteiger partial charge in [0.2, 0.25) is 23.6 Å². The van der Waals surface area contributed by atoms with Gasteiger partial charge in [0.1, 0.15) is 11.5 Å². The van der Waals surface area contributed by atoms with Crippen molar-refractivity contribution in [2.45, 2.75) is 25.7 Å². The van der Waals surface area contributed by atoms with E-state index < -0.39 is 35.0 Å². The van der Waals surface area contributed by atoms with E-state index in [-0.39, 0.29) is 35.8 Å². The highest BCUT2D eigenvalue weighted by atomic mass is 35.5. The number of halogens is 1. The monoisotopic (exact) mass is 596 g/mol. The van der Waals surface area contributed by atoms with Crippen molar-refractivity contribution in [2.24, 2.45) is 29.1 Å². The van der Waals surface area contributed by atoms with Gasteiger partial charge in [0.25, 0.3) is 0 Å². The van der Waals surface area contributed by atoms with Crippen LogP contribution in [0.15, 0.2) is 84.4 Å². The Morgan fingerprint density at radius 1 is 0.860 bits per heavy atom. The van der Waals surface area contributed by atoms with Crippen molar-refractivity contribution < 1.29 is 29.0 Å². The van der Waals surface area contributed by atoms with Crippen LogP contribution in [-0.2, 0) is 19.2 Å². The number of methoxy groups -OCH3 is 1. The number of hydrogen-bond acceptors (Lipinski definition) is 6. The first kappa shape index (κ1) is 27.4. The molecule has 3 aromatic carbocycles. The third-order valence-electron chi connectivity index (χ3n) is 9.92.